The lowest BCUT2D eigenvalue weighted by Gasteiger charge is -2.30. The SMILES string of the molecule is Cc1nnc(S[C@H](C)C(=O)N2CC(=O)Nc3ccccc32)n1Cc1ccccc1. The maximum absolute atomic E-state index is 13.2. The second-order valence-electron chi connectivity index (χ2n) is 6.85. The van der Waals surface area contributed by atoms with Crippen molar-refractivity contribution < 1.29 is 9.59 Å². The number of benzene rings is 2. The number of nitrogens with one attached hydrogen (secondary N) is 1. The Morgan fingerprint density at radius 1 is 1.14 bits per heavy atom. The molecule has 1 aromatic heterocycles. The molecule has 2 amide bonds. The lowest BCUT2D eigenvalue weighted by Crippen LogP contribution is -2.45. The number of hydrogen-bond donors (Lipinski definition) is 1. The van der Waals surface area contributed by atoms with Crippen LogP contribution in [-0.2, 0) is 16.1 Å². The summed E-state index contributed by atoms with van der Waals surface area (Å²) < 4.78 is 2.00. The fraction of sp³-hybridized carbons (Fsp3) is 0.238. The lowest BCUT2D eigenvalue weighted by atomic mass is 10.2. The van der Waals surface area contributed by atoms with E-state index in [-0.39, 0.29) is 18.4 Å². The normalized spacial score (nSPS) is 14.3. The number of anilines is 2. The van der Waals surface area contributed by atoms with Gasteiger partial charge in [-0.15, -0.1) is 10.2 Å². The van der Waals surface area contributed by atoms with Crippen LogP contribution in [0.5, 0.6) is 0 Å². The highest BCUT2D eigenvalue weighted by atomic mass is 32.2. The van der Waals surface area contributed by atoms with E-state index in [1.165, 1.54) is 16.7 Å². The summed E-state index contributed by atoms with van der Waals surface area (Å²) in [5.74, 6) is 0.459. The fourth-order valence-electron chi connectivity index (χ4n) is 3.25. The van der Waals surface area contributed by atoms with Gasteiger partial charge in [-0.1, -0.05) is 54.2 Å². The molecule has 1 aliphatic heterocycles. The van der Waals surface area contributed by atoms with Gasteiger partial charge in [0, 0.05) is 0 Å². The molecule has 0 radical (unpaired) electrons. The topological polar surface area (TPSA) is 80.1 Å². The lowest BCUT2D eigenvalue weighted by molar-refractivity contribution is -0.121. The second-order valence-corrected chi connectivity index (χ2v) is 8.16. The molecule has 7 nitrogen and oxygen atoms in total. The summed E-state index contributed by atoms with van der Waals surface area (Å²) >= 11 is 1.35. The van der Waals surface area contributed by atoms with Gasteiger partial charge in [-0.3, -0.25) is 14.5 Å². The Morgan fingerprint density at radius 2 is 1.86 bits per heavy atom. The van der Waals surface area contributed by atoms with E-state index in [1.54, 1.807) is 6.07 Å². The van der Waals surface area contributed by atoms with E-state index in [9.17, 15) is 9.59 Å². The first-order chi connectivity index (χ1) is 14.0. The van der Waals surface area contributed by atoms with E-state index < -0.39 is 5.25 Å². The van der Waals surface area contributed by atoms with Crippen LogP contribution in [0, 0.1) is 6.92 Å². The van der Waals surface area contributed by atoms with Gasteiger partial charge in [0.2, 0.25) is 11.8 Å². The van der Waals surface area contributed by atoms with Gasteiger partial charge >= 0.3 is 0 Å². The number of nitrogens with zero attached hydrogens (tertiary/aromatic N) is 4. The predicted molar refractivity (Wildman–Crippen MR) is 113 cm³/mol. The Morgan fingerprint density at radius 3 is 2.66 bits per heavy atom. The zero-order valence-corrected chi connectivity index (χ0v) is 17.0. The molecular formula is C21H21N5O2S. The average Bonchev–Trinajstić information content (AvgIpc) is 3.06. The summed E-state index contributed by atoms with van der Waals surface area (Å²) in [5.41, 5.74) is 2.50. The molecule has 8 heteroatoms. The quantitative estimate of drug-likeness (QED) is 0.658. The van der Waals surface area contributed by atoms with Gasteiger partial charge in [-0.25, -0.2) is 0 Å². The number of rotatable bonds is 5. The van der Waals surface area contributed by atoms with Crippen molar-refractivity contribution in [3.63, 3.8) is 0 Å². The average molecular weight is 407 g/mol. The summed E-state index contributed by atoms with van der Waals surface area (Å²) in [6, 6.07) is 17.4. The van der Waals surface area contributed by atoms with Crippen LogP contribution in [0.2, 0.25) is 0 Å². The number of amides is 2. The molecule has 1 atom stereocenters. The molecule has 0 spiro atoms. The predicted octanol–water partition coefficient (Wildman–Crippen LogP) is 3.10. The molecule has 1 N–H and O–H groups in total. The number of carbonyl (C=O) groups excluding carboxylic acids is 2. The molecule has 0 aliphatic carbocycles. The number of aryl methyl sites for hydroxylation is 1. The third-order valence-corrected chi connectivity index (χ3v) is 5.82. The second kappa shape index (κ2) is 8.08. The Balaban J connectivity index is 1.54. The van der Waals surface area contributed by atoms with Gasteiger partial charge in [0.1, 0.15) is 12.4 Å². The summed E-state index contributed by atoms with van der Waals surface area (Å²) in [6.07, 6.45) is 0. The summed E-state index contributed by atoms with van der Waals surface area (Å²) in [6.45, 7) is 4.38. The molecule has 3 aromatic rings. The highest BCUT2D eigenvalue weighted by Crippen LogP contribution is 2.32. The van der Waals surface area contributed by atoms with Gasteiger partial charge in [0.15, 0.2) is 5.16 Å². The summed E-state index contributed by atoms with van der Waals surface area (Å²) in [7, 11) is 0. The van der Waals surface area contributed by atoms with Crippen molar-refractivity contribution in [3.05, 3.63) is 66.0 Å². The number of hydrogen-bond acceptors (Lipinski definition) is 5. The van der Waals surface area contributed by atoms with E-state index in [2.05, 4.69) is 15.5 Å². The standard InChI is InChI=1S/C21H21N5O2S/c1-14(20(28)26-13-19(27)22-17-10-6-7-11-18(17)26)29-21-24-23-15(2)25(21)12-16-8-4-3-5-9-16/h3-11,14H,12-13H2,1-2H3,(H,22,27)/t14-/m1/s1. The van der Waals surface area contributed by atoms with Gasteiger partial charge in [-0.05, 0) is 31.5 Å². The first-order valence-electron chi connectivity index (χ1n) is 9.33. The first kappa shape index (κ1) is 19.2. The van der Waals surface area contributed by atoms with Gasteiger partial charge in [0.25, 0.3) is 0 Å². The van der Waals surface area contributed by atoms with E-state index in [0.29, 0.717) is 23.1 Å². The maximum Gasteiger partial charge on any atom is 0.244 e. The van der Waals surface area contributed by atoms with E-state index in [0.717, 1.165) is 11.4 Å². The van der Waals surface area contributed by atoms with Gasteiger partial charge in [0.05, 0.1) is 23.2 Å². The molecule has 0 fully saturated rings. The highest BCUT2D eigenvalue weighted by Gasteiger charge is 2.31. The van der Waals surface area contributed by atoms with Crippen molar-refractivity contribution in [1.29, 1.82) is 0 Å². The number of carbonyl (C=O) groups is 2. The summed E-state index contributed by atoms with van der Waals surface area (Å²) in [5, 5.41) is 11.5. The van der Waals surface area contributed by atoms with Crippen LogP contribution >= 0.6 is 11.8 Å². The molecule has 148 valence electrons. The zero-order chi connectivity index (χ0) is 20.4. The minimum absolute atomic E-state index is 0.0104. The van der Waals surface area contributed by atoms with E-state index >= 15 is 0 Å². The van der Waals surface area contributed by atoms with Crippen LogP contribution in [0.15, 0.2) is 59.8 Å². The molecular weight excluding hydrogens is 386 g/mol. The number of para-hydroxylation sites is 2. The van der Waals surface area contributed by atoms with E-state index in [1.807, 2.05) is 66.9 Å². The van der Waals surface area contributed by atoms with Crippen LogP contribution < -0.4 is 10.2 Å². The third-order valence-electron chi connectivity index (χ3n) is 4.75. The molecule has 2 heterocycles. The van der Waals surface area contributed by atoms with Crippen molar-refractivity contribution in [2.75, 3.05) is 16.8 Å². The smallest absolute Gasteiger partial charge is 0.244 e. The molecule has 0 saturated carbocycles. The van der Waals surface area contributed by atoms with E-state index in [4.69, 9.17) is 0 Å². The highest BCUT2D eigenvalue weighted by molar-refractivity contribution is 8.00. The van der Waals surface area contributed by atoms with Crippen LogP contribution in [0.25, 0.3) is 0 Å². The molecule has 1 aliphatic rings. The van der Waals surface area contributed by atoms with Crippen molar-refractivity contribution in [2.45, 2.75) is 30.8 Å². The van der Waals surface area contributed by atoms with Gasteiger partial charge < -0.3 is 9.88 Å². The summed E-state index contributed by atoms with van der Waals surface area (Å²) in [4.78, 5) is 26.7. The Bertz CT molecular complexity index is 1050. The number of fused-ring (bicyclic) bond motifs is 1. The Hall–Kier alpha value is -3.13. The molecule has 29 heavy (non-hydrogen) atoms. The number of aromatic nitrogens is 3. The fourth-order valence-corrected chi connectivity index (χ4v) is 4.21. The Kier molecular flexibility index (Phi) is 5.35. The number of thioether (sulfide) groups is 1. The molecule has 4 rings (SSSR count). The van der Waals surface area contributed by atoms with Crippen LogP contribution in [-0.4, -0.2) is 38.4 Å². The third kappa shape index (κ3) is 4.02. The first-order valence-corrected chi connectivity index (χ1v) is 10.2. The van der Waals surface area contributed by atoms with Crippen molar-refractivity contribution in [2.24, 2.45) is 0 Å². The van der Waals surface area contributed by atoms with Crippen molar-refractivity contribution in [3.8, 4) is 0 Å². The molecule has 0 bridgehead atoms. The van der Waals surface area contributed by atoms with Crippen molar-refractivity contribution in [1.82, 2.24) is 14.8 Å². The van der Waals surface area contributed by atoms with Gasteiger partial charge in [-0.2, -0.15) is 0 Å². The van der Waals surface area contributed by atoms with Crippen LogP contribution in [0.4, 0.5) is 11.4 Å². The molecule has 0 unspecified atom stereocenters. The zero-order valence-electron chi connectivity index (χ0n) is 16.2. The van der Waals surface area contributed by atoms with Crippen LogP contribution in [0.1, 0.15) is 18.3 Å². The molecule has 0 saturated heterocycles. The maximum atomic E-state index is 13.2. The molecule has 2 aromatic carbocycles. The largest absolute Gasteiger partial charge is 0.323 e. The monoisotopic (exact) mass is 407 g/mol. The Labute approximate surface area is 173 Å². The van der Waals surface area contributed by atoms with Crippen molar-refractivity contribution >= 4 is 35.0 Å². The minimum atomic E-state index is -0.424. The minimum Gasteiger partial charge on any atom is -0.323 e. The van der Waals surface area contributed by atoms with Crippen LogP contribution in [0.3, 0.4) is 0 Å².